The fourth-order valence-corrected chi connectivity index (χ4v) is 5.41. The number of nitrogens with zero attached hydrogens (tertiary/aromatic N) is 4. The van der Waals surface area contributed by atoms with E-state index in [9.17, 15) is 27.2 Å². The van der Waals surface area contributed by atoms with Crippen LogP contribution in [0, 0.1) is 6.92 Å². The number of carbonyl (C=O) groups excluding carboxylic acids is 2. The molecular weight excluding hydrogens is 540 g/mol. The number of aryl methyl sites for hydroxylation is 1. The van der Waals surface area contributed by atoms with E-state index in [1.54, 1.807) is 19.1 Å². The third kappa shape index (κ3) is 5.46. The Bertz CT molecular complexity index is 1380. The molecule has 2 atom stereocenters. The minimum absolute atomic E-state index is 0.0190. The van der Waals surface area contributed by atoms with Gasteiger partial charge in [-0.3, -0.25) is 4.79 Å². The monoisotopic (exact) mass is 568 g/mol. The summed E-state index contributed by atoms with van der Waals surface area (Å²) < 4.78 is 70.2. The molecule has 15 heteroatoms. The Hall–Kier alpha value is -3.75. The van der Waals surface area contributed by atoms with E-state index in [0.29, 0.717) is 53.6 Å². The zero-order valence-electron chi connectivity index (χ0n) is 21.8. The van der Waals surface area contributed by atoms with Crippen molar-refractivity contribution in [1.82, 2.24) is 30.8 Å². The van der Waals surface area contributed by atoms with Crippen molar-refractivity contribution in [2.45, 2.75) is 69.5 Å². The summed E-state index contributed by atoms with van der Waals surface area (Å²) in [7, 11) is 1.40. The average molecular weight is 569 g/mol. The number of nitrogens with one attached hydrogen (secondary N) is 2. The van der Waals surface area contributed by atoms with Crippen molar-refractivity contribution in [2.24, 2.45) is 0 Å². The number of oxazole rings is 1. The third-order valence-corrected chi connectivity index (χ3v) is 7.40. The van der Waals surface area contributed by atoms with Gasteiger partial charge in [0.15, 0.2) is 11.3 Å². The standard InChI is InChI=1S/C25H28F4N6O5/c1-12-21(34-40-33-12)23(36)30-9-19-32-22-17(39-19)8-7-15(20(22)13-3-5-14(26)6-4-13)16(11-38-2)35-10-18(25(27,28)29)31-24(35)37/h7-8,13-14,16,18H,3-6,9-11H2,1-2H3,(H,30,36)(H,31,37)/t13?,14?,16-,18+/m1/s1. The molecule has 2 N–H and O–H groups in total. The van der Waals surface area contributed by atoms with Gasteiger partial charge in [0.1, 0.15) is 23.4 Å². The number of hydrogen-bond donors (Lipinski definition) is 2. The molecule has 3 heterocycles. The molecule has 1 aliphatic heterocycles. The van der Waals surface area contributed by atoms with Crippen molar-refractivity contribution in [2.75, 3.05) is 20.3 Å². The number of benzene rings is 1. The number of rotatable bonds is 8. The van der Waals surface area contributed by atoms with Gasteiger partial charge in [-0.15, -0.1) is 0 Å². The van der Waals surface area contributed by atoms with Gasteiger partial charge in [0.05, 0.1) is 25.7 Å². The second-order valence-corrected chi connectivity index (χ2v) is 10.0. The molecule has 3 aromatic rings. The molecule has 0 unspecified atom stereocenters. The van der Waals surface area contributed by atoms with E-state index in [1.807, 2.05) is 5.32 Å². The number of fused-ring (bicyclic) bond motifs is 1. The lowest BCUT2D eigenvalue weighted by Crippen LogP contribution is -2.40. The van der Waals surface area contributed by atoms with Gasteiger partial charge in [0.2, 0.25) is 5.89 Å². The normalized spacial score (nSPS) is 22.5. The van der Waals surface area contributed by atoms with Crippen LogP contribution in [0.15, 0.2) is 21.2 Å². The molecular formula is C25H28F4N6O5. The molecule has 5 rings (SSSR count). The summed E-state index contributed by atoms with van der Waals surface area (Å²) in [6, 6.07) is -0.419. The van der Waals surface area contributed by atoms with Gasteiger partial charge < -0.3 is 24.7 Å². The van der Waals surface area contributed by atoms with E-state index in [4.69, 9.17) is 9.15 Å². The highest BCUT2D eigenvalue weighted by atomic mass is 19.4. The predicted molar refractivity (Wildman–Crippen MR) is 130 cm³/mol. The summed E-state index contributed by atoms with van der Waals surface area (Å²) in [4.78, 5) is 30.9. The molecule has 1 saturated heterocycles. The lowest BCUT2D eigenvalue weighted by molar-refractivity contribution is -0.150. The highest BCUT2D eigenvalue weighted by Gasteiger charge is 2.49. The highest BCUT2D eigenvalue weighted by molar-refractivity contribution is 5.92. The van der Waals surface area contributed by atoms with Crippen LogP contribution in [0.3, 0.4) is 0 Å². The van der Waals surface area contributed by atoms with Crippen molar-refractivity contribution < 1.29 is 40.9 Å². The smallest absolute Gasteiger partial charge is 0.410 e. The Balaban J connectivity index is 1.51. The van der Waals surface area contributed by atoms with Crippen molar-refractivity contribution in [1.29, 1.82) is 0 Å². The Kier molecular flexibility index (Phi) is 7.66. The van der Waals surface area contributed by atoms with E-state index >= 15 is 0 Å². The van der Waals surface area contributed by atoms with E-state index in [2.05, 4.69) is 25.2 Å². The molecule has 2 fully saturated rings. The molecule has 1 saturated carbocycles. The van der Waals surface area contributed by atoms with Crippen molar-refractivity contribution in [3.8, 4) is 0 Å². The maximum absolute atomic E-state index is 14.1. The van der Waals surface area contributed by atoms with Crippen LogP contribution >= 0.6 is 0 Å². The predicted octanol–water partition coefficient (Wildman–Crippen LogP) is 4.09. The second-order valence-electron chi connectivity index (χ2n) is 10.0. The zero-order chi connectivity index (χ0) is 28.6. The molecule has 11 nitrogen and oxygen atoms in total. The zero-order valence-corrected chi connectivity index (χ0v) is 21.8. The number of urea groups is 1. The van der Waals surface area contributed by atoms with Gasteiger partial charge in [-0.05, 0) is 60.9 Å². The first kappa shape index (κ1) is 27.8. The molecule has 1 aromatic carbocycles. The number of methoxy groups -OCH3 is 1. The summed E-state index contributed by atoms with van der Waals surface area (Å²) in [6.07, 6.45) is -3.93. The number of ether oxygens (including phenoxy) is 1. The van der Waals surface area contributed by atoms with Crippen LogP contribution in [-0.2, 0) is 11.3 Å². The van der Waals surface area contributed by atoms with Crippen LogP contribution in [0.4, 0.5) is 22.4 Å². The molecule has 2 aromatic heterocycles. The number of amides is 3. The quantitative estimate of drug-likeness (QED) is 0.388. The Morgan fingerprint density at radius 2 is 2.00 bits per heavy atom. The fraction of sp³-hybridized carbons (Fsp3) is 0.560. The number of halogens is 4. The van der Waals surface area contributed by atoms with E-state index < -0.39 is 42.9 Å². The SMILES string of the molecule is COC[C@H](c1ccc2oc(CNC(=O)c3nonc3C)nc2c1C1CCC(F)CC1)N1C[C@@H](C(F)(F)F)NC1=O. The molecule has 0 bridgehead atoms. The summed E-state index contributed by atoms with van der Waals surface area (Å²) in [5.74, 6) is -0.539. The van der Waals surface area contributed by atoms with Crippen LogP contribution in [0.2, 0.25) is 0 Å². The van der Waals surface area contributed by atoms with Crippen LogP contribution in [0.5, 0.6) is 0 Å². The Morgan fingerprint density at radius 3 is 2.62 bits per heavy atom. The molecule has 2 aliphatic rings. The van der Waals surface area contributed by atoms with E-state index in [0.717, 1.165) is 4.90 Å². The van der Waals surface area contributed by atoms with Crippen molar-refractivity contribution >= 4 is 23.0 Å². The first-order chi connectivity index (χ1) is 19.1. The fourth-order valence-electron chi connectivity index (χ4n) is 5.41. The minimum Gasteiger partial charge on any atom is -0.439 e. The molecule has 40 heavy (non-hydrogen) atoms. The van der Waals surface area contributed by atoms with E-state index in [-0.39, 0.29) is 30.7 Å². The van der Waals surface area contributed by atoms with Gasteiger partial charge in [0.25, 0.3) is 5.91 Å². The van der Waals surface area contributed by atoms with Gasteiger partial charge in [0, 0.05) is 7.11 Å². The summed E-state index contributed by atoms with van der Waals surface area (Å²) in [5, 5.41) is 11.8. The molecule has 0 spiro atoms. The number of aromatic nitrogens is 3. The summed E-state index contributed by atoms with van der Waals surface area (Å²) >= 11 is 0. The average Bonchev–Trinajstić information content (AvgIpc) is 3.63. The Morgan fingerprint density at radius 1 is 1.25 bits per heavy atom. The maximum Gasteiger partial charge on any atom is 0.410 e. The third-order valence-electron chi connectivity index (χ3n) is 7.40. The summed E-state index contributed by atoms with van der Waals surface area (Å²) in [6.45, 7) is 0.826. The largest absolute Gasteiger partial charge is 0.439 e. The Labute approximate surface area is 225 Å². The highest BCUT2D eigenvalue weighted by Crippen LogP contribution is 2.43. The van der Waals surface area contributed by atoms with Crippen molar-refractivity contribution in [3.05, 3.63) is 40.5 Å². The van der Waals surface area contributed by atoms with Crippen LogP contribution in [0.25, 0.3) is 11.1 Å². The lowest BCUT2D eigenvalue weighted by atomic mass is 9.79. The molecule has 0 radical (unpaired) electrons. The molecule has 1 aliphatic carbocycles. The van der Waals surface area contributed by atoms with Gasteiger partial charge in [-0.1, -0.05) is 11.2 Å². The maximum atomic E-state index is 14.1. The lowest BCUT2D eigenvalue weighted by Gasteiger charge is -2.32. The van der Waals surface area contributed by atoms with Gasteiger partial charge in [-0.2, -0.15) is 13.2 Å². The number of carbonyl (C=O) groups is 2. The number of hydrogen-bond acceptors (Lipinski definition) is 8. The van der Waals surface area contributed by atoms with Gasteiger partial charge in [-0.25, -0.2) is 18.8 Å². The first-order valence-electron chi connectivity index (χ1n) is 12.8. The van der Waals surface area contributed by atoms with Crippen LogP contribution in [0.1, 0.15) is 70.8 Å². The molecule has 3 amide bonds. The van der Waals surface area contributed by atoms with Crippen LogP contribution < -0.4 is 10.6 Å². The van der Waals surface area contributed by atoms with Gasteiger partial charge >= 0.3 is 12.2 Å². The topological polar surface area (TPSA) is 136 Å². The van der Waals surface area contributed by atoms with E-state index in [1.165, 1.54) is 7.11 Å². The number of alkyl halides is 4. The first-order valence-corrected chi connectivity index (χ1v) is 12.8. The second kappa shape index (κ2) is 11.0. The van der Waals surface area contributed by atoms with Crippen LogP contribution in [-0.4, -0.2) is 70.8 Å². The van der Waals surface area contributed by atoms with Crippen molar-refractivity contribution in [3.63, 3.8) is 0 Å². The summed E-state index contributed by atoms with van der Waals surface area (Å²) in [5.41, 5.74) is 2.39. The minimum atomic E-state index is -4.61. The molecule has 216 valence electrons.